The average molecular weight is 301 g/mol. The number of rotatable bonds is 3. The quantitative estimate of drug-likeness (QED) is 0.806. The second kappa shape index (κ2) is 5.64. The first-order chi connectivity index (χ1) is 9.74. The number of anilines is 1. The molecule has 1 fully saturated rings. The summed E-state index contributed by atoms with van der Waals surface area (Å²) in [5, 5.41) is 0. The van der Waals surface area contributed by atoms with Crippen molar-refractivity contribution in [1.82, 2.24) is 0 Å². The summed E-state index contributed by atoms with van der Waals surface area (Å²) in [5.41, 5.74) is 0.783. The van der Waals surface area contributed by atoms with Crippen molar-refractivity contribution in [2.24, 2.45) is 0 Å². The zero-order valence-corrected chi connectivity index (χ0v) is 12.1. The van der Waals surface area contributed by atoms with Crippen LogP contribution in [0.4, 0.5) is 5.69 Å². The van der Waals surface area contributed by atoms with Gasteiger partial charge in [0, 0.05) is 0 Å². The zero-order chi connectivity index (χ0) is 13.9. The highest BCUT2D eigenvalue weighted by Crippen LogP contribution is 2.29. The largest absolute Gasteiger partial charge is 0.457 e. The van der Waals surface area contributed by atoms with Crippen molar-refractivity contribution in [2.45, 2.75) is 0 Å². The Balaban J connectivity index is 1.78. The van der Waals surface area contributed by atoms with E-state index in [4.69, 9.17) is 17.0 Å². The predicted molar refractivity (Wildman–Crippen MR) is 85.5 cm³/mol. The van der Waals surface area contributed by atoms with Gasteiger partial charge in [-0.25, -0.2) is 0 Å². The number of carbonyl (C=O) groups is 1. The average Bonchev–Trinajstić information content (AvgIpc) is 2.81. The van der Waals surface area contributed by atoms with Crippen LogP contribution < -0.4 is 9.64 Å². The molecule has 0 spiro atoms. The standard InChI is InChI=1S/C15H11NO2S2/c17-14-10-20-15(19)16(14)11-6-8-13(9-7-11)18-12-4-2-1-3-5-12/h1-9H,10H2. The fraction of sp³-hybridized carbons (Fsp3) is 0.0667. The minimum absolute atomic E-state index is 0.0247. The number of thiocarbonyl (C=S) groups is 1. The first-order valence-electron chi connectivity index (χ1n) is 6.07. The Labute approximate surface area is 126 Å². The normalized spacial score (nSPS) is 14.7. The first-order valence-corrected chi connectivity index (χ1v) is 7.46. The predicted octanol–water partition coefficient (Wildman–Crippen LogP) is 3.84. The van der Waals surface area contributed by atoms with Crippen LogP contribution in [0.3, 0.4) is 0 Å². The molecule has 0 aromatic heterocycles. The molecule has 1 heterocycles. The van der Waals surface area contributed by atoms with Gasteiger partial charge in [0.05, 0.1) is 11.4 Å². The topological polar surface area (TPSA) is 29.5 Å². The van der Waals surface area contributed by atoms with E-state index in [-0.39, 0.29) is 5.91 Å². The van der Waals surface area contributed by atoms with E-state index in [0.717, 1.165) is 17.2 Å². The smallest absolute Gasteiger partial charge is 0.243 e. The highest BCUT2D eigenvalue weighted by atomic mass is 32.2. The highest BCUT2D eigenvalue weighted by molar-refractivity contribution is 8.24. The summed E-state index contributed by atoms with van der Waals surface area (Å²) < 4.78 is 6.31. The molecule has 3 nitrogen and oxygen atoms in total. The molecule has 0 aliphatic carbocycles. The molecule has 1 aliphatic heterocycles. The van der Waals surface area contributed by atoms with Gasteiger partial charge in [0.25, 0.3) is 0 Å². The van der Waals surface area contributed by atoms with Crippen LogP contribution in [0, 0.1) is 0 Å². The van der Waals surface area contributed by atoms with Gasteiger partial charge in [-0.2, -0.15) is 0 Å². The number of hydrogen-bond donors (Lipinski definition) is 0. The molecular weight excluding hydrogens is 290 g/mol. The molecule has 20 heavy (non-hydrogen) atoms. The van der Waals surface area contributed by atoms with Gasteiger partial charge in [0.2, 0.25) is 5.91 Å². The second-order valence-corrected chi connectivity index (χ2v) is 5.80. The van der Waals surface area contributed by atoms with Gasteiger partial charge in [-0.05, 0) is 36.4 Å². The Morgan fingerprint density at radius 2 is 1.65 bits per heavy atom. The molecule has 1 amide bonds. The Bertz CT molecular complexity index is 625. The van der Waals surface area contributed by atoms with Crippen molar-refractivity contribution in [1.29, 1.82) is 0 Å². The molecule has 3 rings (SSSR count). The van der Waals surface area contributed by atoms with Gasteiger partial charge >= 0.3 is 0 Å². The first kappa shape index (κ1) is 13.1. The van der Waals surface area contributed by atoms with E-state index in [2.05, 4.69) is 0 Å². The number of amides is 1. The summed E-state index contributed by atoms with van der Waals surface area (Å²) in [6.07, 6.45) is 0. The van der Waals surface area contributed by atoms with Crippen LogP contribution in [-0.4, -0.2) is 16.0 Å². The van der Waals surface area contributed by atoms with Crippen LogP contribution in [0.5, 0.6) is 11.5 Å². The molecule has 1 saturated heterocycles. The van der Waals surface area contributed by atoms with E-state index >= 15 is 0 Å². The van der Waals surface area contributed by atoms with E-state index < -0.39 is 0 Å². The van der Waals surface area contributed by atoms with Gasteiger partial charge in [-0.1, -0.05) is 42.2 Å². The van der Waals surface area contributed by atoms with Crippen molar-refractivity contribution in [2.75, 3.05) is 10.7 Å². The Morgan fingerprint density at radius 1 is 1.00 bits per heavy atom. The summed E-state index contributed by atoms with van der Waals surface area (Å²) in [6.45, 7) is 0. The fourth-order valence-corrected chi connectivity index (χ4v) is 2.99. The van der Waals surface area contributed by atoms with Crippen LogP contribution in [0.25, 0.3) is 0 Å². The molecule has 0 atom stereocenters. The van der Waals surface area contributed by atoms with Crippen molar-refractivity contribution in [3.63, 3.8) is 0 Å². The van der Waals surface area contributed by atoms with Crippen molar-refractivity contribution in [3.05, 3.63) is 54.6 Å². The summed E-state index contributed by atoms with van der Waals surface area (Å²) in [4.78, 5) is 13.3. The van der Waals surface area contributed by atoms with Gasteiger partial charge in [0.15, 0.2) is 0 Å². The van der Waals surface area contributed by atoms with Crippen LogP contribution in [-0.2, 0) is 4.79 Å². The maximum Gasteiger partial charge on any atom is 0.243 e. The summed E-state index contributed by atoms with van der Waals surface area (Å²) in [6, 6.07) is 16.9. The van der Waals surface area contributed by atoms with E-state index in [1.807, 2.05) is 54.6 Å². The molecule has 0 bridgehead atoms. The highest BCUT2D eigenvalue weighted by Gasteiger charge is 2.27. The molecule has 2 aromatic rings. The van der Waals surface area contributed by atoms with Crippen molar-refractivity contribution >= 4 is 39.9 Å². The van der Waals surface area contributed by atoms with E-state index in [0.29, 0.717) is 10.1 Å². The number of thioether (sulfide) groups is 1. The molecule has 100 valence electrons. The maximum absolute atomic E-state index is 11.7. The number of hydrogen-bond acceptors (Lipinski definition) is 4. The van der Waals surface area contributed by atoms with Crippen LogP contribution in [0.1, 0.15) is 0 Å². The molecular formula is C15H11NO2S2. The van der Waals surface area contributed by atoms with Gasteiger partial charge in [0.1, 0.15) is 15.8 Å². The van der Waals surface area contributed by atoms with E-state index in [1.165, 1.54) is 11.8 Å². The number of para-hydroxylation sites is 1. The molecule has 5 heteroatoms. The third-order valence-electron chi connectivity index (χ3n) is 2.82. The third-order valence-corrected chi connectivity index (χ3v) is 4.18. The Hall–Kier alpha value is -1.85. The number of nitrogens with zero attached hydrogens (tertiary/aromatic N) is 1. The Kier molecular flexibility index (Phi) is 3.71. The maximum atomic E-state index is 11.7. The lowest BCUT2D eigenvalue weighted by atomic mass is 10.2. The zero-order valence-electron chi connectivity index (χ0n) is 10.5. The molecule has 0 saturated carbocycles. The third kappa shape index (κ3) is 2.69. The minimum atomic E-state index is 0.0247. The molecule has 0 unspecified atom stereocenters. The number of carbonyl (C=O) groups excluding carboxylic acids is 1. The van der Waals surface area contributed by atoms with Gasteiger partial charge < -0.3 is 4.74 Å². The summed E-state index contributed by atoms with van der Waals surface area (Å²) >= 11 is 6.57. The lowest BCUT2D eigenvalue weighted by Crippen LogP contribution is -2.27. The van der Waals surface area contributed by atoms with E-state index in [1.54, 1.807) is 4.90 Å². The molecule has 1 aliphatic rings. The summed E-state index contributed by atoms with van der Waals surface area (Å²) in [5.74, 6) is 1.95. The van der Waals surface area contributed by atoms with Crippen LogP contribution in [0.15, 0.2) is 54.6 Å². The van der Waals surface area contributed by atoms with Gasteiger partial charge in [-0.3, -0.25) is 9.69 Å². The molecule has 0 radical (unpaired) electrons. The monoisotopic (exact) mass is 301 g/mol. The molecule has 2 aromatic carbocycles. The van der Waals surface area contributed by atoms with Crippen molar-refractivity contribution in [3.8, 4) is 11.5 Å². The lowest BCUT2D eigenvalue weighted by Gasteiger charge is -2.15. The SMILES string of the molecule is O=C1CSC(=S)N1c1ccc(Oc2ccccc2)cc1. The lowest BCUT2D eigenvalue weighted by molar-refractivity contribution is -0.115. The minimum Gasteiger partial charge on any atom is -0.457 e. The van der Waals surface area contributed by atoms with E-state index in [9.17, 15) is 4.79 Å². The van der Waals surface area contributed by atoms with Crippen LogP contribution >= 0.6 is 24.0 Å². The van der Waals surface area contributed by atoms with Crippen molar-refractivity contribution < 1.29 is 9.53 Å². The second-order valence-electron chi connectivity index (χ2n) is 4.19. The van der Waals surface area contributed by atoms with Gasteiger partial charge in [-0.15, -0.1) is 0 Å². The number of ether oxygens (including phenoxy) is 1. The van der Waals surface area contributed by atoms with Crippen LogP contribution in [0.2, 0.25) is 0 Å². The fourth-order valence-electron chi connectivity index (χ4n) is 1.89. The summed E-state index contributed by atoms with van der Waals surface area (Å²) in [7, 11) is 0. The number of benzene rings is 2. The molecule has 0 N–H and O–H groups in total. The Morgan fingerprint density at radius 3 is 2.25 bits per heavy atom.